The number of benzene rings is 1. The van der Waals surface area contributed by atoms with Crippen molar-refractivity contribution >= 4 is 17.7 Å². The Hall–Kier alpha value is -1.00. The van der Waals surface area contributed by atoms with Crippen molar-refractivity contribution in [3.63, 3.8) is 0 Å². The van der Waals surface area contributed by atoms with Crippen LogP contribution in [-0.2, 0) is 15.3 Å². The van der Waals surface area contributed by atoms with Crippen LogP contribution in [0, 0.1) is 6.92 Å². The molecule has 1 unspecified atom stereocenters. The van der Waals surface area contributed by atoms with E-state index in [1.165, 1.54) is 18.2 Å². The molecule has 0 spiro atoms. The van der Waals surface area contributed by atoms with Crippen LogP contribution in [-0.4, -0.2) is 30.4 Å². The molecule has 0 fully saturated rings. The summed E-state index contributed by atoms with van der Waals surface area (Å²) in [6.07, 6.45) is 0.758. The molecule has 1 atom stereocenters. The lowest BCUT2D eigenvalue weighted by atomic mass is 9.98. The summed E-state index contributed by atoms with van der Waals surface area (Å²) in [6.45, 7) is 8.14. The molecule has 21 heavy (non-hydrogen) atoms. The van der Waals surface area contributed by atoms with E-state index in [0.717, 1.165) is 17.9 Å². The lowest BCUT2D eigenvalue weighted by Crippen LogP contribution is -2.53. The van der Waals surface area contributed by atoms with Gasteiger partial charge in [-0.2, -0.15) is 11.8 Å². The molecular weight excluding hydrogens is 282 g/mol. The summed E-state index contributed by atoms with van der Waals surface area (Å²) in [7, 11) is 1.45. The molecule has 0 bridgehead atoms. The summed E-state index contributed by atoms with van der Waals surface area (Å²) in [5.74, 6) is 1.71. The second kappa shape index (κ2) is 8.44. The average molecular weight is 309 g/mol. The number of ether oxygens (including phenoxy) is 1. The number of hydrogen-bond donors (Lipinski definition) is 1. The van der Waals surface area contributed by atoms with Crippen molar-refractivity contribution in [3.8, 4) is 0 Å². The number of hydrogen-bond acceptors (Lipinski definition) is 4. The molecule has 1 aromatic carbocycles. The summed E-state index contributed by atoms with van der Waals surface area (Å²) >= 11 is 1.85. The van der Waals surface area contributed by atoms with E-state index >= 15 is 0 Å². The van der Waals surface area contributed by atoms with E-state index < -0.39 is 5.54 Å². The van der Waals surface area contributed by atoms with Gasteiger partial charge in [-0.1, -0.05) is 24.3 Å². The normalized spacial score (nSPS) is 14.0. The molecule has 0 heterocycles. The first-order valence-electron chi connectivity index (χ1n) is 7.37. The topological polar surface area (TPSA) is 38.3 Å². The number of thioether (sulfide) groups is 1. The van der Waals surface area contributed by atoms with Crippen molar-refractivity contribution in [2.45, 2.75) is 51.4 Å². The molecule has 4 heteroatoms. The van der Waals surface area contributed by atoms with Gasteiger partial charge in [0.15, 0.2) is 0 Å². The van der Waals surface area contributed by atoms with Crippen LogP contribution in [0.4, 0.5) is 0 Å². The zero-order valence-corrected chi connectivity index (χ0v) is 14.5. The van der Waals surface area contributed by atoms with Gasteiger partial charge in [-0.15, -0.1) is 0 Å². The Bertz CT molecular complexity index is 462. The van der Waals surface area contributed by atoms with Crippen LogP contribution in [0.15, 0.2) is 24.3 Å². The molecule has 1 aromatic rings. The SMILES string of the molecule is COC(=O)C(C)(CCSCc1ccccc1C)NC(C)C. The molecule has 0 aliphatic rings. The summed E-state index contributed by atoms with van der Waals surface area (Å²) in [5.41, 5.74) is 2.07. The highest BCUT2D eigenvalue weighted by molar-refractivity contribution is 7.98. The monoisotopic (exact) mass is 309 g/mol. The van der Waals surface area contributed by atoms with Gasteiger partial charge in [0.1, 0.15) is 5.54 Å². The maximum Gasteiger partial charge on any atom is 0.325 e. The van der Waals surface area contributed by atoms with E-state index in [0.29, 0.717) is 0 Å². The average Bonchev–Trinajstić information content (AvgIpc) is 2.43. The Kier molecular flexibility index (Phi) is 7.26. The predicted molar refractivity (Wildman–Crippen MR) is 90.7 cm³/mol. The van der Waals surface area contributed by atoms with E-state index in [9.17, 15) is 4.79 Å². The summed E-state index contributed by atoms with van der Waals surface area (Å²) in [5, 5.41) is 3.33. The van der Waals surface area contributed by atoms with E-state index in [4.69, 9.17) is 4.74 Å². The Morgan fingerprint density at radius 3 is 2.62 bits per heavy atom. The van der Waals surface area contributed by atoms with Crippen LogP contribution in [0.2, 0.25) is 0 Å². The maximum atomic E-state index is 12.0. The number of aryl methyl sites for hydroxylation is 1. The number of nitrogens with one attached hydrogen (secondary N) is 1. The van der Waals surface area contributed by atoms with Crippen LogP contribution in [0.25, 0.3) is 0 Å². The third kappa shape index (κ3) is 5.71. The smallest absolute Gasteiger partial charge is 0.325 e. The third-order valence-corrected chi connectivity index (χ3v) is 4.52. The highest BCUT2D eigenvalue weighted by Crippen LogP contribution is 2.21. The third-order valence-electron chi connectivity index (χ3n) is 3.51. The molecule has 0 aliphatic carbocycles. The van der Waals surface area contributed by atoms with Crippen LogP contribution in [0.5, 0.6) is 0 Å². The standard InChI is InChI=1S/C17H27NO2S/c1-13(2)18-17(4,16(19)20-5)10-11-21-12-15-9-7-6-8-14(15)3/h6-9,13,18H,10-12H2,1-5H3. The van der Waals surface area contributed by atoms with Crippen molar-refractivity contribution < 1.29 is 9.53 Å². The van der Waals surface area contributed by atoms with Crippen molar-refractivity contribution in [1.29, 1.82) is 0 Å². The van der Waals surface area contributed by atoms with E-state index in [-0.39, 0.29) is 12.0 Å². The molecule has 0 radical (unpaired) electrons. The van der Waals surface area contributed by atoms with E-state index in [1.54, 1.807) is 0 Å². The number of rotatable bonds is 8. The summed E-state index contributed by atoms with van der Waals surface area (Å²) < 4.78 is 4.94. The minimum atomic E-state index is -0.609. The van der Waals surface area contributed by atoms with Gasteiger partial charge in [-0.25, -0.2) is 0 Å². The molecule has 118 valence electrons. The lowest BCUT2D eigenvalue weighted by molar-refractivity contribution is -0.148. The summed E-state index contributed by atoms with van der Waals surface area (Å²) in [6, 6.07) is 8.67. The molecule has 0 aliphatic heterocycles. The van der Waals surface area contributed by atoms with E-state index in [2.05, 4.69) is 36.5 Å². The molecule has 0 amide bonds. The Morgan fingerprint density at radius 1 is 1.38 bits per heavy atom. The number of carbonyl (C=O) groups excluding carboxylic acids is 1. The molecular formula is C17H27NO2S. The van der Waals surface area contributed by atoms with Gasteiger partial charge in [0.2, 0.25) is 0 Å². The number of esters is 1. The lowest BCUT2D eigenvalue weighted by Gasteiger charge is -2.30. The molecule has 1 rings (SSSR count). The fourth-order valence-electron chi connectivity index (χ4n) is 2.33. The van der Waals surface area contributed by atoms with Crippen molar-refractivity contribution in [1.82, 2.24) is 5.32 Å². The van der Waals surface area contributed by atoms with Gasteiger partial charge in [0.25, 0.3) is 0 Å². The molecule has 0 saturated heterocycles. The van der Waals surface area contributed by atoms with Gasteiger partial charge in [-0.3, -0.25) is 10.1 Å². The van der Waals surface area contributed by atoms with E-state index in [1.807, 2.05) is 32.5 Å². The minimum Gasteiger partial charge on any atom is -0.468 e. The van der Waals surface area contributed by atoms with Gasteiger partial charge < -0.3 is 4.74 Å². The first kappa shape index (κ1) is 18.1. The Labute approximate surface area is 132 Å². The Balaban J connectivity index is 2.51. The fourth-order valence-corrected chi connectivity index (χ4v) is 3.57. The number of carbonyl (C=O) groups is 1. The summed E-state index contributed by atoms with van der Waals surface area (Å²) in [4.78, 5) is 12.0. The molecule has 1 N–H and O–H groups in total. The van der Waals surface area contributed by atoms with Gasteiger partial charge in [-0.05, 0) is 51.0 Å². The largest absolute Gasteiger partial charge is 0.468 e. The van der Waals surface area contributed by atoms with Crippen LogP contribution in [0.3, 0.4) is 0 Å². The van der Waals surface area contributed by atoms with Crippen molar-refractivity contribution in [2.24, 2.45) is 0 Å². The van der Waals surface area contributed by atoms with Crippen molar-refractivity contribution in [3.05, 3.63) is 35.4 Å². The second-order valence-electron chi connectivity index (χ2n) is 5.85. The zero-order valence-electron chi connectivity index (χ0n) is 13.7. The zero-order chi connectivity index (χ0) is 15.9. The first-order chi connectivity index (χ1) is 9.89. The maximum absolute atomic E-state index is 12.0. The Morgan fingerprint density at radius 2 is 2.05 bits per heavy atom. The number of methoxy groups -OCH3 is 1. The molecule has 0 saturated carbocycles. The van der Waals surface area contributed by atoms with Gasteiger partial charge >= 0.3 is 5.97 Å². The molecule has 0 aromatic heterocycles. The highest BCUT2D eigenvalue weighted by atomic mass is 32.2. The van der Waals surface area contributed by atoms with Crippen molar-refractivity contribution in [2.75, 3.05) is 12.9 Å². The highest BCUT2D eigenvalue weighted by Gasteiger charge is 2.34. The van der Waals surface area contributed by atoms with Crippen LogP contribution in [0.1, 0.15) is 38.3 Å². The fraction of sp³-hybridized carbons (Fsp3) is 0.588. The second-order valence-corrected chi connectivity index (χ2v) is 6.96. The van der Waals surface area contributed by atoms with Gasteiger partial charge in [0, 0.05) is 11.8 Å². The van der Waals surface area contributed by atoms with Crippen LogP contribution < -0.4 is 5.32 Å². The quantitative estimate of drug-likeness (QED) is 0.589. The van der Waals surface area contributed by atoms with Gasteiger partial charge in [0.05, 0.1) is 7.11 Å². The molecule has 3 nitrogen and oxygen atoms in total. The predicted octanol–water partition coefficient (Wildman–Crippen LogP) is 3.55. The first-order valence-corrected chi connectivity index (χ1v) is 8.53. The minimum absolute atomic E-state index is 0.187. The van der Waals surface area contributed by atoms with Crippen LogP contribution >= 0.6 is 11.8 Å².